The number of nitrogens with zero attached hydrogens (tertiary/aromatic N) is 2. The summed E-state index contributed by atoms with van der Waals surface area (Å²) in [7, 11) is 0. The van der Waals surface area contributed by atoms with Gasteiger partial charge in [-0.3, -0.25) is 9.59 Å². The molecule has 0 saturated heterocycles. The van der Waals surface area contributed by atoms with E-state index >= 15 is 0 Å². The highest BCUT2D eigenvalue weighted by molar-refractivity contribution is 5.70. The average molecular weight is 803 g/mol. The summed E-state index contributed by atoms with van der Waals surface area (Å²) in [4.78, 5) is 41.7. The number of aromatic nitrogens is 2. The first-order valence-electron chi connectivity index (χ1n) is 23.0. The molecule has 1 atom stereocenters. The first kappa shape index (κ1) is 52.0. The van der Waals surface area contributed by atoms with Gasteiger partial charge in [0.05, 0.1) is 19.6 Å². The van der Waals surface area contributed by atoms with Gasteiger partial charge in [0, 0.05) is 51.3 Å². The van der Waals surface area contributed by atoms with Gasteiger partial charge in [0.15, 0.2) is 6.29 Å². The Morgan fingerprint density at radius 3 is 1.61 bits per heavy atom. The van der Waals surface area contributed by atoms with Gasteiger partial charge in [-0.15, -0.1) is 0 Å². The van der Waals surface area contributed by atoms with Crippen LogP contribution in [0.25, 0.3) is 0 Å². The summed E-state index contributed by atoms with van der Waals surface area (Å²) in [6, 6.07) is 0. The standard InChI is InChI=1S/C47H82N2O8/c1-4-7-10-13-16-17-18-19-20-21-22-23-24-25-28-31-44(50)53-40-34-43(57-47(52)49-37-36-48-42-49)35-41-54-45(51)32-33-46(55-38-29-26-14-11-8-5-2)56-39-30-27-15-12-9-6-3/h16-17,19-20,36-37,42-43,46H,4-15,18,21-35,38-41H2,1-3H3/b17-16-,20-19-. The molecule has 1 heterocycles. The Kier molecular flexibility index (Phi) is 36.4. The molecule has 0 aromatic carbocycles. The Hall–Kier alpha value is -2.98. The second-order valence-electron chi connectivity index (χ2n) is 15.2. The van der Waals surface area contributed by atoms with Crippen molar-refractivity contribution in [3.05, 3.63) is 43.0 Å². The number of hydrogen-bond donors (Lipinski definition) is 0. The van der Waals surface area contributed by atoms with Crippen molar-refractivity contribution < 1.29 is 38.1 Å². The van der Waals surface area contributed by atoms with Gasteiger partial charge in [-0.2, -0.15) is 0 Å². The van der Waals surface area contributed by atoms with Crippen LogP contribution < -0.4 is 0 Å². The zero-order chi connectivity index (χ0) is 41.3. The predicted molar refractivity (Wildman–Crippen MR) is 230 cm³/mol. The number of allylic oxidation sites excluding steroid dienone is 4. The summed E-state index contributed by atoms with van der Waals surface area (Å²) in [5, 5.41) is 0. The zero-order valence-electron chi connectivity index (χ0n) is 36.5. The predicted octanol–water partition coefficient (Wildman–Crippen LogP) is 12.8. The number of ether oxygens (including phenoxy) is 5. The lowest BCUT2D eigenvalue weighted by Gasteiger charge is -2.19. The van der Waals surface area contributed by atoms with Crippen LogP contribution in [-0.2, 0) is 33.3 Å². The van der Waals surface area contributed by atoms with Gasteiger partial charge in [0.1, 0.15) is 12.4 Å². The van der Waals surface area contributed by atoms with E-state index in [9.17, 15) is 14.4 Å². The molecule has 0 aliphatic rings. The van der Waals surface area contributed by atoms with Crippen LogP contribution >= 0.6 is 0 Å². The fourth-order valence-electron chi connectivity index (χ4n) is 6.31. The molecular formula is C47H82N2O8. The lowest BCUT2D eigenvalue weighted by Crippen LogP contribution is -2.26. The molecule has 0 aliphatic carbocycles. The number of rotatable bonds is 40. The minimum Gasteiger partial charge on any atom is -0.466 e. The number of carbonyl (C=O) groups excluding carboxylic acids is 3. The van der Waals surface area contributed by atoms with Crippen molar-refractivity contribution in [2.24, 2.45) is 0 Å². The molecule has 10 heteroatoms. The minimum atomic E-state index is -0.606. The first-order valence-corrected chi connectivity index (χ1v) is 23.0. The molecule has 0 aliphatic heterocycles. The summed E-state index contributed by atoms with van der Waals surface area (Å²) in [6.45, 7) is 8.09. The molecule has 1 aromatic heterocycles. The molecular weight excluding hydrogens is 721 g/mol. The molecule has 0 saturated carbocycles. The van der Waals surface area contributed by atoms with Gasteiger partial charge in [0.2, 0.25) is 0 Å². The summed E-state index contributed by atoms with van der Waals surface area (Å²) in [5.74, 6) is -0.603. The molecule has 10 nitrogen and oxygen atoms in total. The molecule has 0 radical (unpaired) electrons. The number of carbonyl (C=O) groups is 3. The quantitative estimate of drug-likeness (QED) is 0.0210. The van der Waals surface area contributed by atoms with Gasteiger partial charge in [-0.25, -0.2) is 14.3 Å². The number of unbranched alkanes of at least 4 members (excludes halogenated alkanes) is 18. The maximum atomic E-state index is 12.7. The zero-order valence-corrected chi connectivity index (χ0v) is 36.5. The van der Waals surface area contributed by atoms with Crippen LogP contribution in [0.15, 0.2) is 43.0 Å². The Bertz CT molecular complexity index is 1100. The first-order chi connectivity index (χ1) is 28.0. The van der Waals surface area contributed by atoms with Crippen LogP contribution in [0.1, 0.15) is 201 Å². The molecule has 328 valence electrons. The Morgan fingerprint density at radius 2 is 1.05 bits per heavy atom. The Labute approximate surface area is 347 Å². The molecule has 1 unspecified atom stereocenters. The van der Waals surface area contributed by atoms with Crippen molar-refractivity contribution in [2.45, 2.75) is 213 Å². The molecule has 1 aromatic rings. The van der Waals surface area contributed by atoms with Crippen LogP contribution in [0.3, 0.4) is 0 Å². The van der Waals surface area contributed by atoms with E-state index < -0.39 is 18.5 Å². The molecule has 0 spiro atoms. The highest BCUT2D eigenvalue weighted by atomic mass is 16.7. The Morgan fingerprint density at radius 1 is 0.561 bits per heavy atom. The third-order valence-electron chi connectivity index (χ3n) is 9.91. The van der Waals surface area contributed by atoms with Crippen molar-refractivity contribution in [3.8, 4) is 0 Å². The molecule has 0 amide bonds. The van der Waals surface area contributed by atoms with Crippen LogP contribution in [-0.4, -0.2) is 66.4 Å². The second kappa shape index (κ2) is 39.8. The molecule has 0 N–H and O–H groups in total. The average Bonchev–Trinajstić information content (AvgIpc) is 3.76. The van der Waals surface area contributed by atoms with Crippen molar-refractivity contribution in [2.75, 3.05) is 26.4 Å². The monoisotopic (exact) mass is 803 g/mol. The largest absolute Gasteiger partial charge is 0.466 e. The summed E-state index contributed by atoms with van der Waals surface area (Å²) >= 11 is 0. The molecule has 1 rings (SSSR count). The van der Waals surface area contributed by atoms with Crippen molar-refractivity contribution in [3.63, 3.8) is 0 Å². The lowest BCUT2D eigenvalue weighted by atomic mass is 10.1. The third kappa shape index (κ3) is 33.7. The van der Waals surface area contributed by atoms with Gasteiger partial charge < -0.3 is 23.7 Å². The summed E-state index contributed by atoms with van der Waals surface area (Å²) in [6.07, 6.45) is 39.9. The van der Waals surface area contributed by atoms with Crippen LogP contribution in [0.2, 0.25) is 0 Å². The van der Waals surface area contributed by atoms with Gasteiger partial charge in [-0.05, 0) is 51.4 Å². The fourth-order valence-corrected chi connectivity index (χ4v) is 6.31. The van der Waals surface area contributed by atoms with Gasteiger partial charge >= 0.3 is 18.0 Å². The second-order valence-corrected chi connectivity index (χ2v) is 15.2. The number of hydrogen-bond acceptors (Lipinski definition) is 9. The summed E-state index contributed by atoms with van der Waals surface area (Å²) < 4.78 is 30.1. The van der Waals surface area contributed by atoms with E-state index in [1.165, 1.54) is 100 Å². The molecule has 0 bridgehead atoms. The maximum absolute atomic E-state index is 12.7. The normalized spacial score (nSPS) is 12.2. The van der Waals surface area contributed by atoms with E-state index in [0.29, 0.717) is 32.5 Å². The number of imidazole rings is 1. The van der Waals surface area contributed by atoms with E-state index in [0.717, 1.165) is 70.6 Å². The van der Waals surface area contributed by atoms with E-state index in [2.05, 4.69) is 50.1 Å². The highest BCUT2D eigenvalue weighted by Gasteiger charge is 2.19. The van der Waals surface area contributed by atoms with Gasteiger partial charge in [0.25, 0.3) is 0 Å². The highest BCUT2D eigenvalue weighted by Crippen LogP contribution is 2.14. The van der Waals surface area contributed by atoms with E-state index in [1.807, 2.05) is 0 Å². The van der Waals surface area contributed by atoms with E-state index in [4.69, 9.17) is 23.7 Å². The van der Waals surface area contributed by atoms with Gasteiger partial charge in [-0.1, -0.05) is 141 Å². The van der Waals surface area contributed by atoms with Crippen molar-refractivity contribution >= 4 is 18.0 Å². The van der Waals surface area contributed by atoms with E-state index in [1.54, 1.807) is 0 Å². The SMILES string of the molecule is CCCCC/C=C\C/C=C\CCCCCCCC(=O)OCCC(CCOC(=O)CCC(OCCCCCCCC)OCCCCCCCC)OC(=O)n1ccnc1. The third-order valence-corrected chi connectivity index (χ3v) is 9.91. The maximum Gasteiger partial charge on any atom is 0.419 e. The smallest absolute Gasteiger partial charge is 0.419 e. The Balaban J connectivity index is 2.39. The summed E-state index contributed by atoms with van der Waals surface area (Å²) in [5.41, 5.74) is 0. The molecule has 57 heavy (non-hydrogen) atoms. The fraction of sp³-hybridized carbons (Fsp3) is 0.787. The molecule has 0 fully saturated rings. The number of esters is 2. The van der Waals surface area contributed by atoms with Crippen molar-refractivity contribution in [1.82, 2.24) is 9.55 Å². The van der Waals surface area contributed by atoms with E-state index in [-0.39, 0.29) is 38.0 Å². The topological polar surface area (TPSA) is 115 Å². The van der Waals surface area contributed by atoms with Crippen LogP contribution in [0, 0.1) is 0 Å². The van der Waals surface area contributed by atoms with Crippen LogP contribution in [0.4, 0.5) is 4.79 Å². The van der Waals surface area contributed by atoms with Crippen molar-refractivity contribution in [1.29, 1.82) is 0 Å². The lowest BCUT2D eigenvalue weighted by molar-refractivity contribution is -0.159. The van der Waals surface area contributed by atoms with Crippen LogP contribution in [0.5, 0.6) is 0 Å². The minimum absolute atomic E-state index is 0.0719.